The minimum atomic E-state index is -4.34. The lowest BCUT2D eigenvalue weighted by molar-refractivity contribution is -0.148. The summed E-state index contributed by atoms with van der Waals surface area (Å²) in [5.74, 6) is -2.81. The third-order valence-electron chi connectivity index (χ3n) is 10.2. The molecule has 2 heterocycles. The molecule has 0 amide bonds. The van der Waals surface area contributed by atoms with Gasteiger partial charge in [-0.05, 0) is 74.3 Å². The van der Waals surface area contributed by atoms with Crippen LogP contribution in [0.5, 0.6) is 0 Å². The van der Waals surface area contributed by atoms with Crippen LogP contribution in [0.15, 0.2) is 96.0 Å². The van der Waals surface area contributed by atoms with Crippen molar-refractivity contribution in [2.24, 2.45) is 17.8 Å². The van der Waals surface area contributed by atoms with Crippen LogP contribution in [0.3, 0.4) is 0 Å². The quantitative estimate of drug-likeness (QED) is 0.176. The first-order valence-corrected chi connectivity index (χ1v) is 17.7. The molecule has 2 bridgehead atoms. The van der Waals surface area contributed by atoms with Gasteiger partial charge in [0.25, 0.3) is 10.0 Å². The van der Waals surface area contributed by atoms with Crippen LogP contribution < -0.4 is 5.32 Å². The van der Waals surface area contributed by atoms with Crippen molar-refractivity contribution in [3.8, 4) is 22.5 Å². The molecule has 2 atom stereocenters. The molecule has 0 spiro atoms. The van der Waals surface area contributed by atoms with Crippen LogP contribution in [0.2, 0.25) is 0 Å². The van der Waals surface area contributed by atoms with Gasteiger partial charge in [0.15, 0.2) is 11.6 Å². The van der Waals surface area contributed by atoms with Gasteiger partial charge >= 0.3 is 5.97 Å². The number of benzene rings is 4. The number of aliphatic carboxylic acids is 1. The number of para-hydroxylation sites is 1. The standard InChI is InChI=1S/C38H32F2N4O4S/c1-21-10-16-26(17-11-21)49(47,48)44-20-30(29-18-25(39)19-31(40)35(29)44)37-42-34-27(22-6-3-2-4-7-22)8-5-9-28(34)36(43-37)41-33-24-14-12-23(13-15-24)32(33)38(45)46/h2-11,16-20,23-24,32-33H,12-15H2,1H3,(H,45,46)(H,41,42,43). The Morgan fingerprint density at radius 1 is 0.857 bits per heavy atom. The number of nitrogens with zero attached hydrogens (tertiary/aromatic N) is 3. The van der Waals surface area contributed by atoms with E-state index in [-0.39, 0.29) is 39.0 Å². The highest BCUT2D eigenvalue weighted by molar-refractivity contribution is 7.90. The van der Waals surface area contributed by atoms with Crippen LogP contribution in [-0.2, 0) is 14.8 Å². The number of carbonyl (C=O) groups is 1. The molecular weight excluding hydrogens is 647 g/mol. The van der Waals surface area contributed by atoms with E-state index in [9.17, 15) is 22.7 Å². The number of rotatable bonds is 7. The van der Waals surface area contributed by atoms with E-state index in [1.54, 1.807) is 12.1 Å². The molecule has 6 aromatic rings. The van der Waals surface area contributed by atoms with E-state index in [4.69, 9.17) is 9.97 Å². The number of aromatic nitrogens is 3. The summed E-state index contributed by atoms with van der Waals surface area (Å²) < 4.78 is 59.3. The maximum Gasteiger partial charge on any atom is 0.308 e. The topological polar surface area (TPSA) is 114 Å². The number of carboxylic acids is 1. The van der Waals surface area contributed by atoms with Crippen LogP contribution in [0.1, 0.15) is 31.2 Å². The molecule has 4 aromatic carbocycles. The number of anilines is 1. The third kappa shape index (κ3) is 5.23. The SMILES string of the molecule is Cc1ccc(S(=O)(=O)n2cc(-c3nc(NC4C5CCC(CC5)C4C(=O)O)c4cccc(-c5ccccc5)c4n3)c3cc(F)cc(F)c32)cc1. The summed E-state index contributed by atoms with van der Waals surface area (Å²) in [7, 11) is -4.34. The van der Waals surface area contributed by atoms with Crippen molar-refractivity contribution >= 4 is 43.6 Å². The van der Waals surface area contributed by atoms with E-state index >= 15 is 4.39 Å². The largest absolute Gasteiger partial charge is 0.481 e. The molecule has 2 unspecified atom stereocenters. The van der Waals surface area contributed by atoms with Gasteiger partial charge < -0.3 is 10.4 Å². The molecule has 3 fully saturated rings. The Labute approximate surface area is 281 Å². The molecule has 0 radical (unpaired) electrons. The lowest BCUT2D eigenvalue weighted by atomic mass is 9.61. The van der Waals surface area contributed by atoms with Crippen LogP contribution in [0.25, 0.3) is 44.3 Å². The van der Waals surface area contributed by atoms with Gasteiger partial charge in [-0.3, -0.25) is 4.79 Å². The number of fused-ring (bicyclic) bond motifs is 5. The molecule has 2 aromatic heterocycles. The van der Waals surface area contributed by atoms with E-state index in [0.29, 0.717) is 22.8 Å². The Morgan fingerprint density at radius 3 is 2.29 bits per heavy atom. The van der Waals surface area contributed by atoms with Gasteiger partial charge in [-0.2, -0.15) is 0 Å². The Balaban J connectivity index is 1.38. The molecule has 3 saturated carbocycles. The molecule has 0 saturated heterocycles. The first kappa shape index (κ1) is 31.1. The molecule has 3 aliphatic carbocycles. The fourth-order valence-electron chi connectivity index (χ4n) is 7.84. The minimum Gasteiger partial charge on any atom is -0.481 e. The molecule has 9 rings (SSSR count). The average Bonchev–Trinajstić information content (AvgIpc) is 3.49. The summed E-state index contributed by atoms with van der Waals surface area (Å²) in [5, 5.41) is 14.4. The summed E-state index contributed by atoms with van der Waals surface area (Å²) in [6.07, 6.45) is 4.76. The van der Waals surface area contributed by atoms with Gasteiger partial charge in [-0.1, -0.05) is 60.2 Å². The maximum absolute atomic E-state index is 15.6. The highest BCUT2D eigenvalue weighted by atomic mass is 32.2. The van der Waals surface area contributed by atoms with Crippen molar-refractivity contribution in [1.82, 2.24) is 13.9 Å². The summed E-state index contributed by atoms with van der Waals surface area (Å²) in [4.78, 5) is 22.4. The predicted molar refractivity (Wildman–Crippen MR) is 184 cm³/mol. The number of halogens is 2. The van der Waals surface area contributed by atoms with Gasteiger partial charge in [-0.25, -0.2) is 31.1 Å². The van der Waals surface area contributed by atoms with Gasteiger partial charge in [-0.15, -0.1) is 0 Å². The number of hydrogen-bond acceptors (Lipinski definition) is 6. The van der Waals surface area contributed by atoms with Crippen molar-refractivity contribution in [2.45, 2.75) is 43.5 Å². The molecular formula is C38H32F2N4O4S. The van der Waals surface area contributed by atoms with Crippen LogP contribution in [0, 0.1) is 36.3 Å². The molecule has 0 aliphatic heterocycles. The molecule has 3 aliphatic rings. The summed E-state index contributed by atoms with van der Waals surface area (Å²) in [6.45, 7) is 1.82. The highest BCUT2D eigenvalue weighted by Gasteiger charge is 2.47. The summed E-state index contributed by atoms with van der Waals surface area (Å²) in [5.41, 5.74) is 2.77. The molecule has 11 heteroatoms. The van der Waals surface area contributed by atoms with Crippen LogP contribution >= 0.6 is 0 Å². The second-order valence-electron chi connectivity index (χ2n) is 13.1. The first-order chi connectivity index (χ1) is 23.6. The monoisotopic (exact) mass is 678 g/mol. The van der Waals surface area contributed by atoms with Crippen LogP contribution in [-0.4, -0.2) is 39.5 Å². The van der Waals surface area contributed by atoms with Gasteiger partial charge in [0, 0.05) is 40.2 Å². The Morgan fingerprint density at radius 2 is 1.57 bits per heavy atom. The zero-order valence-electron chi connectivity index (χ0n) is 26.5. The number of carboxylic acid groups (broad SMARTS) is 1. The van der Waals surface area contributed by atoms with E-state index < -0.39 is 39.6 Å². The lowest BCUT2D eigenvalue weighted by Gasteiger charge is -2.47. The van der Waals surface area contributed by atoms with E-state index in [1.165, 1.54) is 18.3 Å². The highest BCUT2D eigenvalue weighted by Crippen LogP contribution is 2.47. The molecule has 49 heavy (non-hydrogen) atoms. The van der Waals surface area contributed by atoms with E-state index in [0.717, 1.165) is 52.4 Å². The van der Waals surface area contributed by atoms with E-state index in [2.05, 4.69) is 5.32 Å². The van der Waals surface area contributed by atoms with Crippen molar-refractivity contribution in [3.63, 3.8) is 0 Å². The molecule has 2 N–H and O–H groups in total. The predicted octanol–water partition coefficient (Wildman–Crippen LogP) is 8.04. The minimum absolute atomic E-state index is 0.0178. The fraction of sp³-hybridized carbons (Fsp3) is 0.237. The van der Waals surface area contributed by atoms with Gasteiger partial charge in [0.2, 0.25) is 0 Å². The number of aryl methyl sites for hydroxylation is 1. The number of nitrogens with one attached hydrogen (secondary N) is 1. The van der Waals surface area contributed by atoms with Gasteiger partial charge in [0.1, 0.15) is 17.2 Å². The second-order valence-corrected chi connectivity index (χ2v) is 14.9. The average molecular weight is 679 g/mol. The van der Waals surface area contributed by atoms with Crippen molar-refractivity contribution < 1.29 is 27.1 Å². The van der Waals surface area contributed by atoms with Crippen molar-refractivity contribution in [2.75, 3.05) is 5.32 Å². The Kier molecular flexibility index (Phi) is 7.47. The summed E-state index contributed by atoms with van der Waals surface area (Å²) >= 11 is 0. The van der Waals surface area contributed by atoms with Gasteiger partial charge in [0.05, 0.1) is 16.3 Å². The molecule has 8 nitrogen and oxygen atoms in total. The van der Waals surface area contributed by atoms with Crippen LogP contribution in [0.4, 0.5) is 14.6 Å². The fourth-order valence-corrected chi connectivity index (χ4v) is 9.22. The smallest absolute Gasteiger partial charge is 0.308 e. The van der Waals surface area contributed by atoms with Crippen molar-refractivity contribution in [3.05, 3.63) is 108 Å². The normalized spacial score (nSPS) is 20.6. The zero-order valence-corrected chi connectivity index (χ0v) is 27.3. The lowest BCUT2D eigenvalue weighted by Crippen LogP contribution is -2.51. The number of hydrogen-bond donors (Lipinski definition) is 2. The maximum atomic E-state index is 15.6. The first-order valence-electron chi connectivity index (χ1n) is 16.3. The Bertz CT molecular complexity index is 2370. The Hall–Kier alpha value is -5.16. The van der Waals surface area contributed by atoms with E-state index in [1.807, 2.05) is 55.5 Å². The molecule has 248 valence electrons. The third-order valence-corrected chi connectivity index (χ3v) is 11.9. The second kappa shape index (κ2) is 11.8. The van der Waals surface area contributed by atoms with Crippen molar-refractivity contribution in [1.29, 1.82) is 0 Å². The zero-order chi connectivity index (χ0) is 34.0. The summed E-state index contributed by atoms with van der Waals surface area (Å²) in [6, 6.07) is 22.7.